The van der Waals surface area contributed by atoms with Crippen molar-refractivity contribution in [2.75, 3.05) is 5.32 Å². The van der Waals surface area contributed by atoms with Crippen LogP contribution in [0.3, 0.4) is 0 Å². The SMILES string of the molecule is CC(Nc1ccc(C(N)=S)c(Br)c1)C1CC1. The van der Waals surface area contributed by atoms with Crippen molar-refractivity contribution < 1.29 is 0 Å². The van der Waals surface area contributed by atoms with Gasteiger partial charge in [-0.3, -0.25) is 0 Å². The summed E-state index contributed by atoms with van der Waals surface area (Å²) >= 11 is 8.44. The lowest BCUT2D eigenvalue weighted by Crippen LogP contribution is -2.17. The van der Waals surface area contributed by atoms with E-state index in [9.17, 15) is 0 Å². The summed E-state index contributed by atoms with van der Waals surface area (Å²) in [6.45, 7) is 2.23. The van der Waals surface area contributed by atoms with Gasteiger partial charge in [0.05, 0.1) is 0 Å². The summed E-state index contributed by atoms with van der Waals surface area (Å²) in [7, 11) is 0. The summed E-state index contributed by atoms with van der Waals surface area (Å²) in [5.41, 5.74) is 7.61. The third-order valence-corrected chi connectivity index (χ3v) is 3.83. The molecule has 1 aromatic rings. The van der Waals surface area contributed by atoms with E-state index in [-0.39, 0.29) is 0 Å². The second kappa shape index (κ2) is 4.72. The quantitative estimate of drug-likeness (QED) is 0.838. The van der Waals surface area contributed by atoms with E-state index in [1.165, 1.54) is 12.8 Å². The lowest BCUT2D eigenvalue weighted by atomic mass is 10.1. The molecule has 86 valence electrons. The molecule has 0 saturated heterocycles. The number of hydrogen-bond acceptors (Lipinski definition) is 2. The average molecular weight is 299 g/mol. The van der Waals surface area contributed by atoms with E-state index in [4.69, 9.17) is 18.0 Å². The lowest BCUT2D eigenvalue weighted by Gasteiger charge is -2.15. The summed E-state index contributed by atoms with van der Waals surface area (Å²) in [6.07, 6.45) is 2.70. The number of rotatable bonds is 4. The van der Waals surface area contributed by atoms with Crippen molar-refractivity contribution in [3.05, 3.63) is 28.2 Å². The molecule has 2 rings (SSSR count). The third-order valence-electron chi connectivity index (χ3n) is 2.96. The Bertz CT molecular complexity index is 415. The Morgan fingerprint density at radius 1 is 1.56 bits per heavy atom. The van der Waals surface area contributed by atoms with Crippen molar-refractivity contribution in [3.8, 4) is 0 Å². The van der Waals surface area contributed by atoms with Crippen molar-refractivity contribution >= 4 is 38.8 Å². The predicted octanol–water partition coefficient (Wildman–Crippen LogP) is 3.29. The van der Waals surface area contributed by atoms with Crippen LogP contribution in [0.15, 0.2) is 22.7 Å². The predicted molar refractivity (Wildman–Crippen MR) is 75.8 cm³/mol. The molecular formula is C12H15BrN2S. The number of hydrogen-bond donors (Lipinski definition) is 2. The van der Waals surface area contributed by atoms with Gasteiger partial charge in [0, 0.05) is 21.8 Å². The third kappa shape index (κ3) is 2.74. The number of thiocarbonyl (C=S) groups is 1. The standard InChI is InChI=1S/C12H15BrN2S/c1-7(8-2-3-8)15-9-4-5-10(12(14)16)11(13)6-9/h4-8,15H,2-3H2,1H3,(H2,14,16). The summed E-state index contributed by atoms with van der Waals surface area (Å²) in [4.78, 5) is 0.425. The van der Waals surface area contributed by atoms with E-state index < -0.39 is 0 Å². The summed E-state index contributed by atoms with van der Waals surface area (Å²) in [5.74, 6) is 0.842. The van der Waals surface area contributed by atoms with Gasteiger partial charge in [-0.2, -0.15) is 0 Å². The van der Waals surface area contributed by atoms with E-state index in [2.05, 4.69) is 28.2 Å². The molecule has 1 aliphatic carbocycles. The molecule has 1 aliphatic rings. The highest BCUT2D eigenvalue weighted by Gasteiger charge is 2.27. The first-order valence-corrected chi connectivity index (χ1v) is 6.64. The topological polar surface area (TPSA) is 38.0 Å². The Hall–Kier alpha value is -0.610. The maximum absolute atomic E-state index is 5.61. The molecule has 0 heterocycles. The van der Waals surface area contributed by atoms with E-state index in [1.54, 1.807) is 0 Å². The van der Waals surface area contributed by atoms with Gasteiger partial charge in [-0.15, -0.1) is 0 Å². The van der Waals surface area contributed by atoms with Crippen LogP contribution in [0.1, 0.15) is 25.3 Å². The van der Waals surface area contributed by atoms with Gasteiger partial charge in [0.2, 0.25) is 0 Å². The van der Waals surface area contributed by atoms with Crippen LogP contribution in [-0.4, -0.2) is 11.0 Å². The number of anilines is 1. The molecule has 2 nitrogen and oxygen atoms in total. The Labute approximate surface area is 110 Å². The molecule has 1 aromatic carbocycles. The van der Waals surface area contributed by atoms with Crippen molar-refractivity contribution in [2.24, 2.45) is 11.7 Å². The van der Waals surface area contributed by atoms with Crippen LogP contribution in [0.25, 0.3) is 0 Å². The monoisotopic (exact) mass is 298 g/mol. The molecular weight excluding hydrogens is 284 g/mol. The molecule has 1 atom stereocenters. The zero-order valence-electron chi connectivity index (χ0n) is 9.16. The van der Waals surface area contributed by atoms with Crippen LogP contribution in [0, 0.1) is 5.92 Å². The maximum Gasteiger partial charge on any atom is 0.105 e. The first-order valence-electron chi connectivity index (χ1n) is 5.44. The largest absolute Gasteiger partial charge is 0.389 e. The van der Waals surface area contributed by atoms with E-state index in [0.717, 1.165) is 21.6 Å². The fraction of sp³-hybridized carbons (Fsp3) is 0.417. The van der Waals surface area contributed by atoms with Crippen LogP contribution in [0.2, 0.25) is 0 Å². The average Bonchev–Trinajstić information content (AvgIpc) is 2.99. The maximum atomic E-state index is 5.61. The zero-order valence-corrected chi connectivity index (χ0v) is 11.6. The number of benzene rings is 1. The van der Waals surface area contributed by atoms with Gasteiger partial charge in [-0.05, 0) is 59.8 Å². The molecule has 0 amide bonds. The molecule has 0 spiro atoms. The fourth-order valence-electron chi connectivity index (χ4n) is 1.78. The van der Waals surface area contributed by atoms with E-state index in [1.807, 2.05) is 18.2 Å². The van der Waals surface area contributed by atoms with Gasteiger partial charge in [-0.1, -0.05) is 12.2 Å². The van der Waals surface area contributed by atoms with Gasteiger partial charge < -0.3 is 11.1 Å². The molecule has 16 heavy (non-hydrogen) atoms. The minimum Gasteiger partial charge on any atom is -0.389 e. The minimum atomic E-state index is 0.425. The first kappa shape index (κ1) is 11.9. The summed E-state index contributed by atoms with van der Waals surface area (Å²) in [6, 6.07) is 6.56. The van der Waals surface area contributed by atoms with Crippen molar-refractivity contribution in [1.29, 1.82) is 0 Å². The summed E-state index contributed by atoms with van der Waals surface area (Å²) < 4.78 is 0.952. The van der Waals surface area contributed by atoms with Crippen LogP contribution in [0.4, 0.5) is 5.69 Å². The van der Waals surface area contributed by atoms with Gasteiger partial charge in [0.1, 0.15) is 4.99 Å². The molecule has 0 aliphatic heterocycles. The number of nitrogens with two attached hydrogens (primary N) is 1. The van der Waals surface area contributed by atoms with Crippen LogP contribution in [0.5, 0.6) is 0 Å². The second-order valence-corrected chi connectivity index (χ2v) is 5.62. The van der Waals surface area contributed by atoms with Crippen molar-refractivity contribution in [1.82, 2.24) is 0 Å². The Morgan fingerprint density at radius 3 is 2.75 bits per heavy atom. The normalized spacial score (nSPS) is 16.9. The molecule has 3 N–H and O–H groups in total. The van der Waals surface area contributed by atoms with Crippen LogP contribution >= 0.6 is 28.1 Å². The molecule has 0 bridgehead atoms. The molecule has 0 aromatic heterocycles. The Kier molecular flexibility index (Phi) is 3.50. The van der Waals surface area contributed by atoms with Crippen molar-refractivity contribution in [2.45, 2.75) is 25.8 Å². The van der Waals surface area contributed by atoms with E-state index in [0.29, 0.717) is 11.0 Å². The molecule has 0 radical (unpaired) electrons. The smallest absolute Gasteiger partial charge is 0.105 e. The van der Waals surface area contributed by atoms with Crippen LogP contribution < -0.4 is 11.1 Å². The van der Waals surface area contributed by atoms with Crippen molar-refractivity contribution in [3.63, 3.8) is 0 Å². The molecule has 1 fully saturated rings. The Balaban J connectivity index is 2.10. The Morgan fingerprint density at radius 2 is 2.25 bits per heavy atom. The van der Waals surface area contributed by atoms with Gasteiger partial charge in [-0.25, -0.2) is 0 Å². The second-order valence-electron chi connectivity index (χ2n) is 4.33. The fourth-order valence-corrected chi connectivity index (χ4v) is 2.68. The van der Waals surface area contributed by atoms with E-state index >= 15 is 0 Å². The highest BCUT2D eigenvalue weighted by atomic mass is 79.9. The molecule has 1 unspecified atom stereocenters. The number of halogens is 1. The number of nitrogens with one attached hydrogen (secondary N) is 1. The zero-order chi connectivity index (χ0) is 11.7. The van der Waals surface area contributed by atoms with Crippen LogP contribution in [-0.2, 0) is 0 Å². The van der Waals surface area contributed by atoms with Gasteiger partial charge in [0.25, 0.3) is 0 Å². The molecule has 1 saturated carbocycles. The highest BCUT2D eigenvalue weighted by Crippen LogP contribution is 2.34. The lowest BCUT2D eigenvalue weighted by molar-refractivity contribution is 0.694. The first-order chi connectivity index (χ1) is 7.58. The van der Waals surface area contributed by atoms with Gasteiger partial charge >= 0.3 is 0 Å². The highest BCUT2D eigenvalue weighted by molar-refractivity contribution is 9.10. The van der Waals surface area contributed by atoms with Gasteiger partial charge in [0.15, 0.2) is 0 Å². The minimum absolute atomic E-state index is 0.425. The molecule has 4 heteroatoms. The summed E-state index contributed by atoms with van der Waals surface area (Å²) in [5, 5.41) is 3.50.